The van der Waals surface area contributed by atoms with Crippen molar-refractivity contribution in [1.82, 2.24) is 4.72 Å². The Morgan fingerprint density at radius 2 is 2.11 bits per heavy atom. The van der Waals surface area contributed by atoms with Gasteiger partial charge in [0.15, 0.2) is 0 Å². The third-order valence-electron chi connectivity index (χ3n) is 2.20. The van der Waals surface area contributed by atoms with Crippen LogP contribution in [0, 0.1) is 6.92 Å². The summed E-state index contributed by atoms with van der Waals surface area (Å²) in [5, 5.41) is 0. The zero-order chi connectivity index (χ0) is 13.8. The quantitative estimate of drug-likeness (QED) is 0.512. The van der Waals surface area contributed by atoms with Crippen LogP contribution in [0.25, 0.3) is 0 Å². The maximum absolute atomic E-state index is 11.8. The number of hydrogen-bond acceptors (Lipinski definition) is 5. The van der Waals surface area contributed by atoms with Crippen molar-refractivity contribution < 1.29 is 17.9 Å². The van der Waals surface area contributed by atoms with Crippen LogP contribution in [0.2, 0.25) is 0 Å². The molecule has 0 spiro atoms. The van der Waals surface area contributed by atoms with Crippen LogP contribution in [-0.4, -0.2) is 27.7 Å². The third-order valence-corrected chi connectivity index (χ3v) is 3.66. The van der Waals surface area contributed by atoms with E-state index in [2.05, 4.69) is 9.46 Å². The van der Waals surface area contributed by atoms with E-state index in [0.29, 0.717) is 5.69 Å². The van der Waals surface area contributed by atoms with Crippen molar-refractivity contribution in [2.45, 2.75) is 11.8 Å². The predicted molar refractivity (Wildman–Crippen MR) is 66.3 cm³/mol. The average molecular weight is 273 g/mol. The number of aryl methyl sites for hydroxylation is 1. The number of amides is 1. The second-order valence-corrected chi connectivity index (χ2v) is 5.35. The fraction of sp³-hybridized carbons (Fsp3) is 0.300. The predicted octanol–water partition coefficient (Wildman–Crippen LogP) is -0.0492. The standard InChI is InChI=1S/C10H15N3O4S/c1-7-2-3-8(6-9(7)11)18(15,16)13-4-5-17-10(12)14/h2-3,6,13H,4-5,11H2,1H3,(H2,12,14). The summed E-state index contributed by atoms with van der Waals surface area (Å²) in [4.78, 5) is 10.3. The van der Waals surface area contributed by atoms with Gasteiger partial charge in [-0.3, -0.25) is 0 Å². The smallest absolute Gasteiger partial charge is 0.404 e. The van der Waals surface area contributed by atoms with E-state index in [0.717, 1.165) is 5.56 Å². The zero-order valence-corrected chi connectivity index (χ0v) is 10.7. The van der Waals surface area contributed by atoms with E-state index in [1.807, 2.05) is 0 Å². The summed E-state index contributed by atoms with van der Waals surface area (Å²) in [7, 11) is -3.66. The van der Waals surface area contributed by atoms with Crippen molar-refractivity contribution in [2.24, 2.45) is 5.73 Å². The molecule has 0 saturated carbocycles. The zero-order valence-electron chi connectivity index (χ0n) is 9.84. The Hall–Kier alpha value is -1.80. The SMILES string of the molecule is Cc1ccc(S(=O)(=O)NCCOC(N)=O)cc1N. The van der Waals surface area contributed by atoms with Crippen LogP contribution in [0.3, 0.4) is 0 Å². The minimum Gasteiger partial charge on any atom is -0.448 e. The van der Waals surface area contributed by atoms with Gasteiger partial charge in [-0.15, -0.1) is 0 Å². The molecule has 100 valence electrons. The highest BCUT2D eigenvalue weighted by atomic mass is 32.2. The maximum Gasteiger partial charge on any atom is 0.404 e. The van der Waals surface area contributed by atoms with Crippen LogP contribution in [0.15, 0.2) is 23.1 Å². The molecule has 0 heterocycles. The molecule has 0 aliphatic rings. The number of primary amides is 1. The minimum atomic E-state index is -3.66. The highest BCUT2D eigenvalue weighted by Crippen LogP contribution is 2.16. The third kappa shape index (κ3) is 3.90. The first kappa shape index (κ1) is 14.3. The fourth-order valence-electron chi connectivity index (χ4n) is 1.20. The van der Waals surface area contributed by atoms with Gasteiger partial charge in [0, 0.05) is 12.2 Å². The molecule has 0 aliphatic heterocycles. The van der Waals surface area contributed by atoms with Gasteiger partial charge in [-0.05, 0) is 24.6 Å². The minimum absolute atomic E-state index is 0.0565. The molecule has 0 unspecified atom stereocenters. The number of nitrogens with one attached hydrogen (secondary N) is 1. The molecule has 0 bridgehead atoms. The number of ether oxygens (including phenoxy) is 1. The number of nitrogen functional groups attached to an aromatic ring is 1. The van der Waals surface area contributed by atoms with Crippen molar-refractivity contribution in [1.29, 1.82) is 0 Å². The van der Waals surface area contributed by atoms with Crippen molar-refractivity contribution in [2.75, 3.05) is 18.9 Å². The lowest BCUT2D eigenvalue weighted by Crippen LogP contribution is -2.29. The molecule has 1 aromatic rings. The van der Waals surface area contributed by atoms with Gasteiger partial charge >= 0.3 is 6.09 Å². The summed E-state index contributed by atoms with van der Waals surface area (Å²) in [5.41, 5.74) is 11.6. The molecule has 8 heteroatoms. The first-order chi connectivity index (χ1) is 8.33. The highest BCUT2D eigenvalue weighted by Gasteiger charge is 2.14. The van der Waals surface area contributed by atoms with Crippen LogP contribution in [0.4, 0.5) is 10.5 Å². The Morgan fingerprint density at radius 1 is 1.44 bits per heavy atom. The molecular formula is C10H15N3O4S. The summed E-state index contributed by atoms with van der Waals surface area (Å²) in [5.74, 6) is 0. The molecule has 1 aromatic carbocycles. The van der Waals surface area contributed by atoms with Crippen molar-refractivity contribution in [3.8, 4) is 0 Å². The summed E-state index contributed by atoms with van der Waals surface area (Å²) in [6, 6.07) is 4.43. The second kappa shape index (κ2) is 5.69. The summed E-state index contributed by atoms with van der Waals surface area (Å²) in [6.07, 6.45) is -0.950. The number of benzene rings is 1. The van der Waals surface area contributed by atoms with Gasteiger partial charge in [0.2, 0.25) is 10.0 Å². The van der Waals surface area contributed by atoms with Gasteiger partial charge in [0.1, 0.15) is 6.61 Å². The van der Waals surface area contributed by atoms with Crippen LogP contribution in [0.5, 0.6) is 0 Å². The topological polar surface area (TPSA) is 125 Å². The molecular weight excluding hydrogens is 258 g/mol. The average Bonchev–Trinajstić information content (AvgIpc) is 2.28. The Bertz CT molecular complexity index is 542. The molecule has 0 atom stereocenters. The van der Waals surface area contributed by atoms with Crippen molar-refractivity contribution >= 4 is 21.8 Å². The van der Waals surface area contributed by atoms with Crippen LogP contribution in [-0.2, 0) is 14.8 Å². The van der Waals surface area contributed by atoms with E-state index in [-0.39, 0.29) is 18.0 Å². The lowest BCUT2D eigenvalue weighted by atomic mass is 10.2. The van der Waals surface area contributed by atoms with Gasteiger partial charge in [-0.1, -0.05) is 6.07 Å². The second-order valence-electron chi connectivity index (χ2n) is 3.58. The largest absolute Gasteiger partial charge is 0.448 e. The molecule has 18 heavy (non-hydrogen) atoms. The first-order valence-corrected chi connectivity index (χ1v) is 6.59. The first-order valence-electron chi connectivity index (χ1n) is 5.11. The Labute approximate surface area is 105 Å². The number of carbonyl (C=O) groups is 1. The Kier molecular flexibility index (Phi) is 4.51. The van der Waals surface area contributed by atoms with Crippen LogP contribution < -0.4 is 16.2 Å². The summed E-state index contributed by atoms with van der Waals surface area (Å²) >= 11 is 0. The normalized spacial score (nSPS) is 11.2. The van der Waals surface area contributed by atoms with Crippen LogP contribution >= 0.6 is 0 Å². The number of anilines is 1. The number of sulfonamides is 1. The molecule has 0 aromatic heterocycles. The highest BCUT2D eigenvalue weighted by molar-refractivity contribution is 7.89. The molecule has 0 aliphatic carbocycles. The fourth-order valence-corrected chi connectivity index (χ4v) is 2.24. The Balaban J connectivity index is 2.68. The lowest BCUT2D eigenvalue weighted by Gasteiger charge is -2.08. The number of carbonyl (C=O) groups excluding carboxylic acids is 1. The summed E-state index contributed by atoms with van der Waals surface area (Å²) < 4.78 is 30.3. The lowest BCUT2D eigenvalue weighted by molar-refractivity contribution is 0.159. The summed E-state index contributed by atoms with van der Waals surface area (Å²) in [6.45, 7) is 1.59. The molecule has 0 radical (unpaired) electrons. The van der Waals surface area contributed by atoms with E-state index < -0.39 is 16.1 Å². The molecule has 0 fully saturated rings. The molecule has 5 N–H and O–H groups in total. The van der Waals surface area contributed by atoms with Gasteiger partial charge in [-0.2, -0.15) is 0 Å². The van der Waals surface area contributed by atoms with Gasteiger partial charge < -0.3 is 16.2 Å². The van der Waals surface area contributed by atoms with E-state index >= 15 is 0 Å². The maximum atomic E-state index is 11.8. The molecule has 1 amide bonds. The number of nitrogens with two attached hydrogens (primary N) is 2. The van der Waals surface area contributed by atoms with E-state index in [9.17, 15) is 13.2 Å². The monoisotopic (exact) mass is 273 g/mol. The number of rotatable bonds is 5. The van der Waals surface area contributed by atoms with Crippen LogP contribution in [0.1, 0.15) is 5.56 Å². The van der Waals surface area contributed by atoms with E-state index in [4.69, 9.17) is 11.5 Å². The molecule has 1 rings (SSSR count). The molecule has 0 saturated heterocycles. The van der Waals surface area contributed by atoms with Gasteiger partial charge in [0.05, 0.1) is 4.90 Å². The van der Waals surface area contributed by atoms with Gasteiger partial charge in [-0.25, -0.2) is 17.9 Å². The van der Waals surface area contributed by atoms with Gasteiger partial charge in [0.25, 0.3) is 0 Å². The van der Waals surface area contributed by atoms with Crippen molar-refractivity contribution in [3.05, 3.63) is 23.8 Å². The Morgan fingerprint density at radius 3 is 2.67 bits per heavy atom. The molecule has 7 nitrogen and oxygen atoms in total. The van der Waals surface area contributed by atoms with Crippen molar-refractivity contribution in [3.63, 3.8) is 0 Å². The number of hydrogen-bond donors (Lipinski definition) is 3. The van der Waals surface area contributed by atoms with E-state index in [1.165, 1.54) is 12.1 Å². The van der Waals surface area contributed by atoms with E-state index in [1.54, 1.807) is 13.0 Å².